The average molecular weight is 292 g/mol. The van der Waals surface area contributed by atoms with Crippen LogP contribution in [0.25, 0.3) is 0 Å². The summed E-state index contributed by atoms with van der Waals surface area (Å²) in [6.45, 7) is 5.76. The molecule has 0 atom stereocenters. The number of nitrogens with two attached hydrogens (primary N) is 1. The minimum absolute atomic E-state index is 0.276. The summed E-state index contributed by atoms with van der Waals surface area (Å²) < 4.78 is 0. The molecule has 20 heavy (non-hydrogen) atoms. The van der Waals surface area contributed by atoms with Crippen LogP contribution in [0, 0.1) is 6.92 Å². The van der Waals surface area contributed by atoms with Crippen LogP contribution in [0.4, 0.5) is 17.6 Å². The van der Waals surface area contributed by atoms with Crippen molar-refractivity contribution in [2.24, 2.45) is 0 Å². The molecule has 0 unspecified atom stereocenters. The molecule has 2 rings (SSSR count). The van der Waals surface area contributed by atoms with Crippen LogP contribution in [0.3, 0.4) is 0 Å². The number of anilines is 3. The van der Waals surface area contributed by atoms with Crippen molar-refractivity contribution in [1.82, 2.24) is 15.0 Å². The molecule has 0 aliphatic carbocycles. The number of nitrogens with one attached hydrogen (secondary N) is 2. The first kappa shape index (κ1) is 14.5. The fraction of sp³-hybridized carbons (Fsp3) is 0.462. The van der Waals surface area contributed by atoms with Gasteiger partial charge < -0.3 is 16.4 Å². The van der Waals surface area contributed by atoms with Crippen LogP contribution in [0.5, 0.6) is 0 Å². The van der Waals surface area contributed by atoms with E-state index in [1.54, 1.807) is 11.3 Å². The zero-order chi connectivity index (χ0) is 14.4. The number of rotatable bonds is 7. The van der Waals surface area contributed by atoms with Crippen molar-refractivity contribution < 1.29 is 0 Å². The molecule has 0 amide bonds. The Hall–Kier alpha value is -1.89. The molecular weight excluding hydrogens is 272 g/mol. The lowest BCUT2D eigenvalue weighted by Crippen LogP contribution is -2.10. The summed E-state index contributed by atoms with van der Waals surface area (Å²) in [6.07, 6.45) is 1.90. The van der Waals surface area contributed by atoms with E-state index >= 15 is 0 Å². The number of aromatic nitrogens is 3. The van der Waals surface area contributed by atoms with Gasteiger partial charge in [-0.1, -0.05) is 6.92 Å². The van der Waals surface area contributed by atoms with E-state index in [0.29, 0.717) is 0 Å². The number of nitrogens with zero attached hydrogens (tertiary/aromatic N) is 3. The molecule has 0 saturated heterocycles. The lowest BCUT2D eigenvalue weighted by molar-refractivity contribution is 0.950. The van der Waals surface area contributed by atoms with E-state index in [-0.39, 0.29) is 5.95 Å². The maximum Gasteiger partial charge on any atom is 0.223 e. The van der Waals surface area contributed by atoms with Gasteiger partial charge in [-0.05, 0) is 13.3 Å². The quantitative estimate of drug-likeness (QED) is 0.725. The largest absolute Gasteiger partial charge is 0.370 e. The summed E-state index contributed by atoms with van der Waals surface area (Å²) >= 11 is 1.67. The standard InChI is InChI=1S/C13H20N6S/c1-3-5-15-11-7-12(19-13(14)18-11)16-6-4-10-8-20-9(2)17-10/h7-8H,3-6H2,1-2H3,(H4,14,15,16,18,19). The Kier molecular flexibility index (Phi) is 5.11. The average Bonchev–Trinajstić information content (AvgIpc) is 2.81. The van der Waals surface area contributed by atoms with Gasteiger partial charge in [0.1, 0.15) is 11.6 Å². The van der Waals surface area contributed by atoms with Gasteiger partial charge in [0.2, 0.25) is 5.95 Å². The van der Waals surface area contributed by atoms with Crippen LogP contribution in [-0.4, -0.2) is 28.0 Å². The molecule has 6 nitrogen and oxygen atoms in total. The number of hydrogen-bond acceptors (Lipinski definition) is 7. The van der Waals surface area contributed by atoms with Crippen LogP contribution in [0.15, 0.2) is 11.4 Å². The Balaban J connectivity index is 1.89. The first-order chi connectivity index (χ1) is 9.67. The fourth-order valence-corrected chi connectivity index (χ4v) is 2.39. The van der Waals surface area contributed by atoms with Crippen molar-refractivity contribution in [2.75, 3.05) is 29.5 Å². The highest BCUT2D eigenvalue weighted by atomic mass is 32.1. The normalized spacial score (nSPS) is 10.5. The summed E-state index contributed by atoms with van der Waals surface area (Å²) in [5.74, 6) is 1.77. The Labute approximate surface area is 122 Å². The van der Waals surface area contributed by atoms with Gasteiger partial charge in [-0.2, -0.15) is 9.97 Å². The van der Waals surface area contributed by atoms with Crippen molar-refractivity contribution in [2.45, 2.75) is 26.7 Å². The summed E-state index contributed by atoms with van der Waals surface area (Å²) in [5.41, 5.74) is 6.81. The molecule has 108 valence electrons. The van der Waals surface area contributed by atoms with Crippen LogP contribution >= 0.6 is 11.3 Å². The Morgan fingerprint density at radius 1 is 1.15 bits per heavy atom. The highest BCUT2D eigenvalue weighted by Gasteiger charge is 2.03. The van der Waals surface area contributed by atoms with Crippen LogP contribution in [0.2, 0.25) is 0 Å². The van der Waals surface area contributed by atoms with E-state index in [1.165, 1.54) is 0 Å². The maximum atomic E-state index is 5.70. The monoisotopic (exact) mass is 292 g/mol. The number of aryl methyl sites for hydroxylation is 1. The van der Waals surface area contributed by atoms with E-state index in [4.69, 9.17) is 5.73 Å². The van der Waals surface area contributed by atoms with Gasteiger partial charge in [-0.3, -0.25) is 0 Å². The van der Waals surface area contributed by atoms with Crippen LogP contribution in [0.1, 0.15) is 24.0 Å². The molecule has 0 saturated carbocycles. The molecule has 0 aliphatic heterocycles. The second kappa shape index (κ2) is 7.04. The molecule has 4 N–H and O–H groups in total. The summed E-state index contributed by atoms with van der Waals surface area (Å²) in [6, 6.07) is 1.87. The van der Waals surface area contributed by atoms with Crippen molar-refractivity contribution in [3.8, 4) is 0 Å². The van der Waals surface area contributed by atoms with Crippen molar-refractivity contribution in [3.05, 3.63) is 22.1 Å². The third kappa shape index (κ3) is 4.34. The summed E-state index contributed by atoms with van der Waals surface area (Å²) in [7, 11) is 0. The van der Waals surface area contributed by atoms with Gasteiger partial charge in [0, 0.05) is 31.0 Å². The third-order valence-electron chi connectivity index (χ3n) is 2.65. The minimum Gasteiger partial charge on any atom is -0.370 e. The zero-order valence-corrected chi connectivity index (χ0v) is 12.6. The Morgan fingerprint density at radius 3 is 2.45 bits per heavy atom. The van der Waals surface area contributed by atoms with Gasteiger partial charge in [0.05, 0.1) is 10.7 Å². The highest BCUT2D eigenvalue weighted by molar-refractivity contribution is 7.09. The van der Waals surface area contributed by atoms with E-state index in [9.17, 15) is 0 Å². The van der Waals surface area contributed by atoms with Crippen LogP contribution in [-0.2, 0) is 6.42 Å². The number of nitrogen functional groups attached to an aromatic ring is 1. The van der Waals surface area contributed by atoms with Crippen molar-refractivity contribution >= 4 is 28.9 Å². The summed E-state index contributed by atoms with van der Waals surface area (Å²) in [4.78, 5) is 12.7. The van der Waals surface area contributed by atoms with Gasteiger partial charge in [0.15, 0.2) is 0 Å². The topological polar surface area (TPSA) is 88.8 Å². The maximum absolute atomic E-state index is 5.70. The molecule has 0 bridgehead atoms. The van der Waals surface area contributed by atoms with Crippen molar-refractivity contribution in [1.29, 1.82) is 0 Å². The first-order valence-electron chi connectivity index (χ1n) is 6.70. The predicted molar refractivity (Wildman–Crippen MR) is 84.3 cm³/mol. The molecular formula is C13H20N6S. The SMILES string of the molecule is CCCNc1cc(NCCc2csc(C)n2)nc(N)n1. The van der Waals surface area contributed by atoms with Gasteiger partial charge in [-0.15, -0.1) is 11.3 Å². The molecule has 0 aromatic carbocycles. The third-order valence-corrected chi connectivity index (χ3v) is 3.48. The zero-order valence-electron chi connectivity index (χ0n) is 11.8. The summed E-state index contributed by atoms with van der Waals surface area (Å²) in [5, 5.41) is 9.64. The van der Waals surface area contributed by atoms with Gasteiger partial charge >= 0.3 is 0 Å². The second-order valence-electron chi connectivity index (χ2n) is 4.46. The second-order valence-corrected chi connectivity index (χ2v) is 5.52. The lowest BCUT2D eigenvalue weighted by atomic mass is 10.3. The minimum atomic E-state index is 0.276. The molecule has 0 radical (unpaired) electrons. The number of thiazole rings is 1. The van der Waals surface area contributed by atoms with Crippen molar-refractivity contribution in [3.63, 3.8) is 0 Å². The Bertz CT molecular complexity index is 554. The van der Waals surface area contributed by atoms with E-state index in [0.717, 1.165) is 48.3 Å². The molecule has 2 aromatic rings. The molecule has 2 heterocycles. The predicted octanol–water partition coefficient (Wildman–Crippen LogP) is 2.30. The van der Waals surface area contributed by atoms with Gasteiger partial charge in [0.25, 0.3) is 0 Å². The van der Waals surface area contributed by atoms with Gasteiger partial charge in [-0.25, -0.2) is 4.98 Å². The smallest absolute Gasteiger partial charge is 0.223 e. The van der Waals surface area contributed by atoms with E-state index in [2.05, 4.69) is 37.9 Å². The van der Waals surface area contributed by atoms with E-state index < -0.39 is 0 Å². The molecule has 0 fully saturated rings. The number of hydrogen-bond donors (Lipinski definition) is 3. The molecule has 2 aromatic heterocycles. The molecule has 7 heteroatoms. The van der Waals surface area contributed by atoms with Crippen LogP contribution < -0.4 is 16.4 Å². The first-order valence-corrected chi connectivity index (χ1v) is 7.58. The fourth-order valence-electron chi connectivity index (χ4n) is 1.74. The van der Waals surface area contributed by atoms with E-state index in [1.807, 2.05) is 13.0 Å². The molecule has 0 spiro atoms. The molecule has 0 aliphatic rings. The highest BCUT2D eigenvalue weighted by Crippen LogP contribution is 2.13. The lowest BCUT2D eigenvalue weighted by Gasteiger charge is -2.09. The Morgan fingerprint density at radius 2 is 1.85 bits per heavy atom.